The Kier molecular flexibility index (Phi) is 4.84. The van der Waals surface area contributed by atoms with Gasteiger partial charge in [-0.2, -0.15) is 0 Å². The standard InChI is InChI=1S/C12H12Cl2O4S/c13-7-1-3-9(14)11(5-7)19(17)6-8-2-4-10(18-8)12(15)16/h1,3,5,8,10H,2,4,6H2,(H,15,16). The molecule has 104 valence electrons. The molecular weight excluding hydrogens is 311 g/mol. The molecule has 1 aromatic carbocycles. The molecule has 1 saturated heterocycles. The molecule has 7 heteroatoms. The van der Waals surface area contributed by atoms with Crippen molar-refractivity contribution in [3.05, 3.63) is 28.2 Å². The van der Waals surface area contributed by atoms with Crippen LogP contribution in [0.5, 0.6) is 0 Å². The molecule has 1 aromatic rings. The maximum absolute atomic E-state index is 12.2. The highest BCUT2D eigenvalue weighted by Gasteiger charge is 2.31. The molecule has 0 aromatic heterocycles. The van der Waals surface area contributed by atoms with E-state index >= 15 is 0 Å². The molecule has 2 rings (SSSR count). The van der Waals surface area contributed by atoms with Gasteiger partial charge in [0, 0.05) is 5.02 Å². The lowest BCUT2D eigenvalue weighted by molar-refractivity contribution is -0.148. The highest BCUT2D eigenvalue weighted by atomic mass is 35.5. The molecule has 0 aliphatic carbocycles. The van der Waals surface area contributed by atoms with E-state index < -0.39 is 22.9 Å². The molecule has 1 fully saturated rings. The number of carbonyl (C=O) groups is 1. The fourth-order valence-electron chi connectivity index (χ4n) is 1.92. The van der Waals surface area contributed by atoms with E-state index in [2.05, 4.69) is 0 Å². The van der Waals surface area contributed by atoms with Gasteiger partial charge < -0.3 is 9.84 Å². The van der Waals surface area contributed by atoms with Gasteiger partial charge in [-0.3, -0.25) is 4.21 Å². The van der Waals surface area contributed by atoms with Crippen LogP contribution in [-0.4, -0.2) is 33.2 Å². The lowest BCUT2D eigenvalue weighted by Gasteiger charge is -2.11. The zero-order valence-electron chi connectivity index (χ0n) is 9.84. The number of carboxylic acid groups (broad SMARTS) is 1. The summed E-state index contributed by atoms with van der Waals surface area (Å²) in [6, 6.07) is 4.77. The minimum absolute atomic E-state index is 0.226. The van der Waals surface area contributed by atoms with E-state index in [4.69, 9.17) is 33.0 Å². The molecular formula is C12H12Cl2O4S. The molecule has 1 aliphatic rings. The fourth-order valence-corrected chi connectivity index (χ4v) is 3.84. The van der Waals surface area contributed by atoms with E-state index in [-0.39, 0.29) is 11.9 Å². The van der Waals surface area contributed by atoms with Gasteiger partial charge in [-0.25, -0.2) is 4.79 Å². The van der Waals surface area contributed by atoms with Crippen LogP contribution in [0.4, 0.5) is 0 Å². The van der Waals surface area contributed by atoms with Gasteiger partial charge in [0.2, 0.25) is 0 Å². The number of carboxylic acids is 1. The van der Waals surface area contributed by atoms with Crippen molar-refractivity contribution in [1.82, 2.24) is 0 Å². The molecule has 0 radical (unpaired) electrons. The minimum atomic E-state index is -1.36. The molecule has 0 amide bonds. The minimum Gasteiger partial charge on any atom is -0.479 e. The van der Waals surface area contributed by atoms with Crippen molar-refractivity contribution in [2.24, 2.45) is 0 Å². The molecule has 0 bridgehead atoms. The Morgan fingerprint density at radius 3 is 2.79 bits per heavy atom. The number of aliphatic carboxylic acids is 1. The SMILES string of the molecule is O=C(O)C1CCC(CS(=O)c2cc(Cl)ccc2Cl)O1. The predicted molar refractivity (Wildman–Crippen MR) is 73.3 cm³/mol. The summed E-state index contributed by atoms with van der Waals surface area (Å²) < 4.78 is 17.5. The van der Waals surface area contributed by atoms with Crippen LogP contribution >= 0.6 is 23.2 Å². The van der Waals surface area contributed by atoms with Gasteiger partial charge in [0.05, 0.1) is 32.6 Å². The Morgan fingerprint density at radius 2 is 2.16 bits per heavy atom. The summed E-state index contributed by atoms with van der Waals surface area (Å²) in [7, 11) is -1.36. The van der Waals surface area contributed by atoms with Crippen LogP contribution in [0.15, 0.2) is 23.1 Å². The van der Waals surface area contributed by atoms with Gasteiger partial charge in [0.25, 0.3) is 0 Å². The smallest absolute Gasteiger partial charge is 0.332 e. The molecule has 0 saturated carbocycles. The van der Waals surface area contributed by atoms with Crippen molar-refractivity contribution in [3.8, 4) is 0 Å². The van der Waals surface area contributed by atoms with Crippen LogP contribution in [-0.2, 0) is 20.3 Å². The van der Waals surface area contributed by atoms with Crippen molar-refractivity contribution in [2.75, 3.05) is 5.75 Å². The highest BCUT2D eigenvalue weighted by molar-refractivity contribution is 7.85. The van der Waals surface area contributed by atoms with Crippen molar-refractivity contribution in [3.63, 3.8) is 0 Å². The van der Waals surface area contributed by atoms with E-state index in [0.29, 0.717) is 27.8 Å². The van der Waals surface area contributed by atoms with Crippen molar-refractivity contribution in [2.45, 2.75) is 29.9 Å². The third-order valence-electron chi connectivity index (χ3n) is 2.86. The van der Waals surface area contributed by atoms with E-state index in [1.54, 1.807) is 18.2 Å². The second-order valence-electron chi connectivity index (χ2n) is 4.25. The first-order valence-electron chi connectivity index (χ1n) is 5.69. The first-order chi connectivity index (χ1) is 8.97. The quantitative estimate of drug-likeness (QED) is 0.925. The maximum atomic E-state index is 12.2. The van der Waals surface area contributed by atoms with Gasteiger partial charge in [0.1, 0.15) is 0 Å². The summed E-state index contributed by atoms with van der Waals surface area (Å²) in [6.45, 7) is 0. The van der Waals surface area contributed by atoms with Gasteiger partial charge in [-0.15, -0.1) is 0 Å². The lowest BCUT2D eigenvalue weighted by atomic mass is 10.2. The average Bonchev–Trinajstić information content (AvgIpc) is 2.80. The molecule has 3 atom stereocenters. The Morgan fingerprint density at radius 1 is 1.42 bits per heavy atom. The second kappa shape index (κ2) is 6.22. The monoisotopic (exact) mass is 322 g/mol. The van der Waals surface area contributed by atoms with Crippen molar-refractivity contribution >= 4 is 40.0 Å². The summed E-state index contributed by atoms with van der Waals surface area (Å²) in [4.78, 5) is 11.2. The zero-order valence-corrected chi connectivity index (χ0v) is 12.2. The Bertz CT molecular complexity index is 520. The summed E-state index contributed by atoms with van der Waals surface area (Å²) in [6.07, 6.45) is -0.0877. The van der Waals surface area contributed by atoms with Crippen molar-refractivity contribution < 1.29 is 18.8 Å². The first kappa shape index (κ1) is 14.8. The Labute approximate surface area is 123 Å². The van der Waals surface area contributed by atoms with Crippen LogP contribution in [0.3, 0.4) is 0 Å². The Hall–Kier alpha value is -0.620. The number of benzene rings is 1. The van der Waals surface area contributed by atoms with E-state index in [1.807, 2.05) is 0 Å². The molecule has 1 N–H and O–H groups in total. The summed E-state index contributed by atoms with van der Waals surface area (Å²) in [5.74, 6) is -0.752. The van der Waals surface area contributed by atoms with E-state index in [0.717, 1.165) is 0 Å². The zero-order chi connectivity index (χ0) is 14.0. The van der Waals surface area contributed by atoms with E-state index in [9.17, 15) is 9.00 Å². The van der Waals surface area contributed by atoms with Crippen molar-refractivity contribution in [1.29, 1.82) is 0 Å². The molecule has 3 unspecified atom stereocenters. The Balaban J connectivity index is 2.02. The highest BCUT2D eigenvalue weighted by Crippen LogP contribution is 2.27. The van der Waals surface area contributed by atoms with Crippen LogP contribution in [0, 0.1) is 0 Å². The van der Waals surface area contributed by atoms with Crippen LogP contribution < -0.4 is 0 Å². The van der Waals surface area contributed by atoms with Gasteiger partial charge >= 0.3 is 5.97 Å². The van der Waals surface area contributed by atoms with E-state index in [1.165, 1.54) is 0 Å². The molecule has 0 spiro atoms. The molecule has 1 aliphatic heterocycles. The third kappa shape index (κ3) is 3.69. The molecule has 4 nitrogen and oxygen atoms in total. The van der Waals surface area contributed by atoms with Crippen LogP contribution in [0.1, 0.15) is 12.8 Å². The fraction of sp³-hybridized carbons (Fsp3) is 0.417. The molecule has 1 heterocycles. The second-order valence-corrected chi connectivity index (χ2v) is 6.56. The number of rotatable bonds is 4. The van der Waals surface area contributed by atoms with Crippen LogP contribution in [0.2, 0.25) is 10.0 Å². The number of halogens is 2. The normalized spacial score (nSPS) is 24.3. The maximum Gasteiger partial charge on any atom is 0.332 e. The topological polar surface area (TPSA) is 63.6 Å². The van der Waals surface area contributed by atoms with Gasteiger partial charge in [-0.05, 0) is 31.0 Å². The lowest BCUT2D eigenvalue weighted by Crippen LogP contribution is -2.23. The number of hydrogen-bond acceptors (Lipinski definition) is 3. The average molecular weight is 323 g/mol. The summed E-state index contributed by atoms with van der Waals surface area (Å²) in [5.41, 5.74) is 0. The number of hydrogen-bond donors (Lipinski definition) is 1. The number of ether oxygens (including phenoxy) is 1. The molecule has 19 heavy (non-hydrogen) atoms. The van der Waals surface area contributed by atoms with Gasteiger partial charge in [-0.1, -0.05) is 23.2 Å². The largest absolute Gasteiger partial charge is 0.479 e. The van der Waals surface area contributed by atoms with Gasteiger partial charge in [0.15, 0.2) is 6.10 Å². The third-order valence-corrected chi connectivity index (χ3v) is 5.04. The summed E-state index contributed by atoms with van der Waals surface area (Å²) >= 11 is 11.8. The van der Waals surface area contributed by atoms with Crippen LogP contribution in [0.25, 0.3) is 0 Å². The first-order valence-corrected chi connectivity index (χ1v) is 7.76. The summed E-state index contributed by atoms with van der Waals surface area (Å²) in [5, 5.41) is 9.67. The predicted octanol–water partition coefficient (Wildman–Crippen LogP) is 2.73.